The molecule has 0 aromatic carbocycles. The Labute approximate surface area is 149 Å². The molecule has 0 aliphatic carbocycles. The first-order chi connectivity index (χ1) is 11.9. The fraction of sp³-hybridized carbons (Fsp3) is 0.765. The molecule has 0 aromatic heterocycles. The van der Waals surface area contributed by atoms with Crippen molar-refractivity contribution >= 4 is 23.8 Å². The number of hydrogen-bond acceptors (Lipinski definition) is 6. The Hall–Kier alpha value is -2.12. The number of rotatable bonds is 12. The van der Waals surface area contributed by atoms with Crippen LogP contribution in [0.25, 0.3) is 0 Å². The molecule has 1 amide bonds. The number of carbonyl (C=O) groups excluding carboxylic acids is 3. The van der Waals surface area contributed by atoms with Crippen molar-refractivity contribution in [1.29, 1.82) is 0 Å². The second-order valence-electron chi connectivity index (χ2n) is 5.21. The largest absolute Gasteiger partial charge is 0.481 e. The summed E-state index contributed by atoms with van der Waals surface area (Å²) in [5, 5.41) is 10.7. The molecule has 0 aromatic rings. The predicted molar refractivity (Wildman–Crippen MR) is 91.9 cm³/mol. The van der Waals surface area contributed by atoms with Gasteiger partial charge in [-0.05, 0) is 12.8 Å². The predicted octanol–water partition coefficient (Wildman–Crippen LogP) is 2.05. The number of carboxylic acid groups (broad SMARTS) is 1. The molecule has 0 rings (SSSR count). The van der Waals surface area contributed by atoms with Crippen LogP contribution in [0.15, 0.2) is 0 Å². The second-order valence-corrected chi connectivity index (χ2v) is 5.21. The number of aliphatic carboxylic acids is 1. The van der Waals surface area contributed by atoms with Crippen molar-refractivity contribution in [2.75, 3.05) is 20.3 Å². The lowest BCUT2D eigenvalue weighted by atomic mass is 10.3. The number of hydrogen-bond donors (Lipinski definition) is 2. The zero-order valence-corrected chi connectivity index (χ0v) is 15.5. The van der Waals surface area contributed by atoms with E-state index in [1.54, 1.807) is 7.05 Å². The van der Waals surface area contributed by atoms with Gasteiger partial charge in [-0.3, -0.25) is 19.2 Å². The minimum Gasteiger partial charge on any atom is -0.481 e. The van der Waals surface area contributed by atoms with Crippen LogP contribution in [0.4, 0.5) is 0 Å². The number of carboxylic acids is 1. The van der Waals surface area contributed by atoms with E-state index in [2.05, 4.69) is 5.32 Å². The third-order valence-electron chi connectivity index (χ3n) is 2.90. The normalized spacial score (nSPS) is 9.40. The van der Waals surface area contributed by atoms with Gasteiger partial charge in [-0.1, -0.05) is 26.7 Å². The molecule has 0 atom stereocenters. The number of carbonyl (C=O) groups is 4. The van der Waals surface area contributed by atoms with Gasteiger partial charge >= 0.3 is 17.9 Å². The molecule has 0 spiro atoms. The van der Waals surface area contributed by atoms with Crippen molar-refractivity contribution in [2.24, 2.45) is 0 Å². The van der Waals surface area contributed by atoms with Crippen LogP contribution in [-0.2, 0) is 28.7 Å². The van der Waals surface area contributed by atoms with Gasteiger partial charge in [0, 0.05) is 13.5 Å². The SMILES string of the molecule is CCCCOC(=O)CCC(=O)NC.CCCCOC(=O)CCC(=O)O. The highest BCUT2D eigenvalue weighted by molar-refractivity contribution is 5.81. The monoisotopic (exact) mass is 361 g/mol. The number of nitrogens with one attached hydrogen (secondary N) is 1. The Morgan fingerprint density at radius 2 is 1.24 bits per heavy atom. The van der Waals surface area contributed by atoms with Crippen LogP contribution >= 0.6 is 0 Å². The Morgan fingerprint density at radius 3 is 1.60 bits per heavy atom. The molecule has 0 fully saturated rings. The molecule has 0 bridgehead atoms. The molecule has 25 heavy (non-hydrogen) atoms. The quantitative estimate of drug-likeness (QED) is 0.403. The molecular formula is C17H31NO7. The fourth-order valence-electron chi connectivity index (χ4n) is 1.35. The third kappa shape index (κ3) is 21.9. The topological polar surface area (TPSA) is 119 Å². The molecule has 0 radical (unpaired) electrons. The molecule has 0 unspecified atom stereocenters. The van der Waals surface area contributed by atoms with E-state index in [1.165, 1.54) is 0 Å². The molecule has 0 aliphatic rings. The van der Waals surface area contributed by atoms with Gasteiger partial charge in [-0.2, -0.15) is 0 Å². The van der Waals surface area contributed by atoms with Crippen LogP contribution < -0.4 is 5.32 Å². The molecular weight excluding hydrogens is 330 g/mol. The van der Waals surface area contributed by atoms with Crippen LogP contribution in [0, 0.1) is 0 Å². The summed E-state index contributed by atoms with van der Waals surface area (Å²) in [5.74, 6) is -1.82. The maximum Gasteiger partial charge on any atom is 0.306 e. The molecule has 0 heterocycles. The van der Waals surface area contributed by atoms with Crippen molar-refractivity contribution in [3.8, 4) is 0 Å². The smallest absolute Gasteiger partial charge is 0.306 e. The van der Waals surface area contributed by atoms with Crippen LogP contribution in [0.2, 0.25) is 0 Å². The van der Waals surface area contributed by atoms with Gasteiger partial charge in [0.1, 0.15) is 0 Å². The number of amides is 1. The standard InChI is InChI=1S/C9H17NO3.C8H14O4/c1-3-4-7-13-9(12)6-5-8(11)10-2;1-2-3-6-12-8(11)5-4-7(9)10/h3-7H2,1-2H3,(H,10,11);2-6H2,1H3,(H,9,10). The number of unbranched alkanes of at least 4 members (excludes halogenated alkanes) is 2. The van der Waals surface area contributed by atoms with Gasteiger partial charge in [0.15, 0.2) is 0 Å². The van der Waals surface area contributed by atoms with Gasteiger partial charge in [0.2, 0.25) is 5.91 Å². The fourth-order valence-corrected chi connectivity index (χ4v) is 1.35. The van der Waals surface area contributed by atoms with Gasteiger partial charge in [0.25, 0.3) is 0 Å². The summed E-state index contributed by atoms with van der Waals surface area (Å²) >= 11 is 0. The van der Waals surface area contributed by atoms with E-state index in [0.717, 1.165) is 25.7 Å². The Kier molecular flexibility index (Phi) is 18.3. The van der Waals surface area contributed by atoms with Crippen molar-refractivity contribution in [1.82, 2.24) is 5.32 Å². The molecule has 0 saturated carbocycles. The van der Waals surface area contributed by atoms with E-state index in [4.69, 9.17) is 14.6 Å². The van der Waals surface area contributed by atoms with Gasteiger partial charge in [-0.15, -0.1) is 0 Å². The molecule has 0 saturated heterocycles. The lowest BCUT2D eigenvalue weighted by Gasteiger charge is -2.02. The highest BCUT2D eigenvalue weighted by atomic mass is 16.5. The first kappa shape index (κ1) is 25.1. The summed E-state index contributed by atoms with van der Waals surface area (Å²) in [7, 11) is 1.55. The molecule has 8 heteroatoms. The van der Waals surface area contributed by atoms with E-state index in [1.807, 2.05) is 13.8 Å². The summed E-state index contributed by atoms with van der Waals surface area (Å²) < 4.78 is 9.59. The first-order valence-electron chi connectivity index (χ1n) is 8.60. The number of esters is 2. The zero-order chi connectivity index (χ0) is 19.5. The maximum atomic E-state index is 10.9. The van der Waals surface area contributed by atoms with Gasteiger partial charge in [-0.25, -0.2) is 0 Å². The molecule has 2 N–H and O–H groups in total. The van der Waals surface area contributed by atoms with Crippen molar-refractivity contribution < 1.29 is 33.8 Å². The average Bonchev–Trinajstić information content (AvgIpc) is 2.59. The van der Waals surface area contributed by atoms with Crippen molar-refractivity contribution in [2.45, 2.75) is 65.2 Å². The Morgan fingerprint density at radius 1 is 0.800 bits per heavy atom. The van der Waals surface area contributed by atoms with E-state index < -0.39 is 11.9 Å². The zero-order valence-electron chi connectivity index (χ0n) is 15.5. The van der Waals surface area contributed by atoms with Crippen molar-refractivity contribution in [3.05, 3.63) is 0 Å². The number of ether oxygens (including phenoxy) is 2. The minimum absolute atomic E-state index is 0.0287. The summed E-state index contributed by atoms with van der Waals surface area (Å²) in [6, 6.07) is 0. The van der Waals surface area contributed by atoms with Crippen LogP contribution in [0.3, 0.4) is 0 Å². The van der Waals surface area contributed by atoms with Crippen molar-refractivity contribution in [3.63, 3.8) is 0 Å². The van der Waals surface area contributed by atoms with Crippen LogP contribution in [0.5, 0.6) is 0 Å². The molecule has 8 nitrogen and oxygen atoms in total. The lowest BCUT2D eigenvalue weighted by Crippen LogP contribution is -2.19. The Balaban J connectivity index is 0. The molecule has 146 valence electrons. The highest BCUT2D eigenvalue weighted by Gasteiger charge is 2.06. The highest BCUT2D eigenvalue weighted by Crippen LogP contribution is 1.96. The second kappa shape index (κ2) is 18.2. The summed E-state index contributed by atoms with van der Waals surface area (Å²) in [4.78, 5) is 42.4. The van der Waals surface area contributed by atoms with E-state index in [9.17, 15) is 19.2 Å². The average molecular weight is 361 g/mol. The Bertz CT molecular complexity index is 396. The van der Waals surface area contributed by atoms with E-state index in [0.29, 0.717) is 13.2 Å². The van der Waals surface area contributed by atoms with Crippen LogP contribution in [-0.4, -0.2) is 49.2 Å². The van der Waals surface area contributed by atoms with Gasteiger partial charge in [0.05, 0.1) is 32.5 Å². The maximum absolute atomic E-state index is 10.9. The summed E-state index contributed by atoms with van der Waals surface area (Å²) in [6.07, 6.45) is 3.88. The van der Waals surface area contributed by atoms with E-state index >= 15 is 0 Å². The van der Waals surface area contributed by atoms with E-state index in [-0.39, 0.29) is 37.6 Å². The third-order valence-corrected chi connectivity index (χ3v) is 2.90. The molecule has 0 aliphatic heterocycles. The summed E-state index contributed by atoms with van der Waals surface area (Å²) in [5.41, 5.74) is 0. The lowest BCUT2D eigenvalue weighted by molar-refractivity contribution is -0.147. The van der Waals surface area contributed by atoms with Gasteiger partial charge < -0.3 is 19.9 Å². The van der Waals surface area contributed by atoms with Crippen LogP contribution in [0.1, 0.15) is 65.2 Å². The first-order valence-corrected chi connectivity index (χ1v) is 8.60. The summed E-state index contributed by atoms with van der Waals surface area (Å²) in [6.45, 7) is 4.88. The minimum atomic E-state index is -0.970.